The molecule has 1 atom stereocenters. The van der Waals surface area contributed by atoms with Gasteiger partial charge in [-0.1, -0.05) is 18.2 Å². The van der Waals surface area contributed by atoms with Gasteiger partial charge in [0.2, 0.25) is 0 Å². The van der Waals surface area contributed by atoms with E-state index in [-0.39, 0.29) is 17.2 Å². The van der Waals surface area contributed by atoms with Crippen LogP contribution >= 0.6 is 0 Å². The molecule has 3 aromatic rings. The lowest BCUT2D eigenvalue weighted by Gasteiger charge is -2.19. The average Bonchev–Trinajstić information content (AvgIpc) is 3.46. The van der Waals surface area contributed by atoms with E-state index in [1.54, 1.807) is 30.0 Å². The Bertz CT molecular complexity index is 1060. The largest absolute Gasteiger partial charge is 0.378 e. The lowest BCUT2D eigenvalue weighted by atomic mass is 10.0. The van der Waals surface area contributed by atoms with Gasteiger partial charge in [-0.25, -0.2) is 13.2 Å². The average molecular weight is 373 g/mol. The molecule has 0 unspecified atom stereocenters. The van der Waals surface area contributed by atoms with Gasteiger partial charge in [-0.3, -0.25) is 9.78 Å². The number of nitrogens with one attached hydrogen (secondary N) is 1. The van der Waals surface area contributed by atoms with Gasteiger partial charge in [0.25, 0.3) is 12.0 Å². The van der Waals surface area contributed by atoms with Gasteiger partial charge in [0.05, 0.1) is 17.1 Å². The molecule has 4 rings (SSSR count). The molecule has 0 bridgehead atoms. The highest BCUT2D eigenvalue weighted by Gasteiger charge is 2.25. The van der Waals surface area contributed by atoms with Gasteiger partial charge in [-0.05, 0) is 25.8 Å². The second-order valence-corrected chi connectivity index (χ2v) is 6.82. The lowest BCUT2D eigenvalue weighted by molar-refractivity contribution is 0.146. The van der Waals surface area contributed by atoms with Gasteiger partial charge in [0.1, 0.15) is 5.82 Å². The fourth-order valence-corrected chi connectivity index (χ4v) is 3.28. The summed E-state index contributed by atoms with van der Waals surface area (Å²) >= 11 is 0. The van der Waals surface area contributed by atoms with Crippen LogP contribution in [0.15, 0.2) is 47.5 Å². The Morgan fingerprint density at radius 2 is 1.96 bits per heavy atom. The second kappa shape index (κ2) is 6.72. The van der Waals surface area contributed by atoms with Crippen molar-refractivity contribution >= 4 is 16.6 Å². The van der Waals surface area contributed by atoms with Crippen molar-refractivity contribution in [2.45, 2.75) is 38.3 Å². The smallest absolute Gasteiger partial charge is 0.266 e. The molecule has 0 amide bonds. The summed E-state index contributed by atoms with van der Waals surface area (Å²) in [5.41, 5.74) is 0.662. The zero-order valence-electron chi connectivity index (χ0n) is 14.6. The number of fused-ring (bicyclic) bond motifs is 1. The van der Waals surface area contributed by atoms with E-state index in [1.807, 2.05) is 0 Å². The Morgan fingerprint density at radius 3 is 2.67 bits per heavy atom. The predicted molar refractivity (Wildman–Crippen MR) is 97.7 cm³/mol. The molecule has 1 fully saturated rings. The normalized spacial score (nSPS) is 15.3. The van der Waals surface area contributed by atoms with Gasteiger partial charge < -0.3 is 9.88 Å². The number of rotatable bonds is 5. The Balaban J connectivity index is 1.72. The van der Waals surface area contributed by atoms with Crippen LogP contribution in [0.25, 0.3) is 10.9 Å². The molecule has 0 saturated heterocycles. The molecule has 1 aromatic carbocycles. The van der Waals surface area contributed by atoms with Crippen molar-refractivity contribution in [1.29, 1.82) is 0 Å². The number of alkyl halides is 2. The molecule has 2 aromatic heterocycles. The summed E-state index contributed by atoms with van der Waals surface area (Å²) in [6.07, 6.45) is 2.40. The van der Waals surface area contributed by atoms with Crippen molar-refractivity contribution in [1.82, 2.24) is 9.55 Å². The topological polar surface area (TPSA) is 46.9 Å². The number of halogens is 3. The maximum Gasteiger partial charge on any atom is 0.266 e. The van der Waals surface area contributed by atoms with E-state index in [9.17, 15) is 18.0 Å². The third kappa shape index (κ3) is 3.29. The van der Waals surface area contributed by atoms with Crippen molar-refractivity contribution in [3.63, 3.8) is 0 Å². The fraction of sp³-hybridized carbons (Fsp3) is 0.300. The molecular weight excluding hydrogens is 355 g/mol. The molecule has 27 heavy (non-hydrogen) atoms. The number of pyridine rings is 2. The monoisotopic (exact) mass is 373 g/mol. The minimum Gasteiger partial charge on any atom is -0.378 e. The predicted octanol–water partition coefficient (Wildman–Crippen LogP) is 4.98. The Labute approximate surface area is 153 Å². The van der Waals surface area contributed by atoms with Crippen molar-refractivity contribution in [3.8, 4) is 0 Å². The summed E-state index contributed by atoms with van der Waals surface area (Å²) in [6, 6.07) is 6.89. The summed E-state index contributed by atoms with van der Waals surface area (Å²) in [5.74, 6) is -0.902. The van der Waals surface area contributed by atoms with Gasteiger partial charge in [-0.15, -0.1) is 0 Å². The van der Waals surface area contributed by atoms with Crippen LogP contribution in [0.4, 0.5) is 18.9 Å². The quantitative estimate of drug-likeness (QED) is 0.686. The van der Waals surface area contributed by atoms with Crippen LogP contribution in [-0.2, 0) is 0 Å². The number of hydrogen-bond donors (Lipinski definition) is 1. The molecule has 7 heteroatoms. The first-order chi connectivity index (χ1) is 13.0. The fourth-order valence-electron chi connectivity index (χ4n) is 3.28. The van der Waals surface area contributed by atoms with E-state index in [4.69, 9.17) is 0 Å². The molecule has 1 saturated carbocycles. The summed E-state index contributed by atoms with van der Waals surface area (Å²) in [4.78, 5) is 16.4. The zero-order chi connectivity index (χ0) is 19.1. The van der Waals surface area contributed by atoms with Gasteiger partial charge >= 0.3 is 0 Å². The summed E-state index contributed by atoms with van der Waals surface area (Å²) in [5, 5.41) is 3.91. The van der Waals surface area contributed by atoms with Crippen LogP contribution in [0.2, 0.25) is 0 Å². The number of benzene rings is 1. The summed E-state index contributed by atoms with van der Waals surface area (Å²) in [7, 11) is 0. The first-order valence-corrected chi connectivity index (χ1v) is 8.79. The van der Waals surface area contributed by atoms with Crippen molar-refractivity contribution in [2.75, 3.05) is 5.32 Å². The van der Waals surface area contributed by atoms with Crippen molar-refractivity contribution < 1.29 is 13.2 Å². The first kappa shape index (κ1) is 17.6. The maximum absolute atomic E-state index is 14.4. The number of anilines is 1. The van der Waals surface area contributed by atoms with Crippen LogP contribution in [0.1, 0.15) is 49.4 Å². The minimum absolute atomic E-state index is 0.0987. The van der Waals surface area contributed by atoms with E-state index >= 15 is 0 Å². The van der Waals surface area contributed by atoms with Crippen molar-refractivity contribution in [2.24, 2.45) is 0 Å². The second-order valence-electron chi connectivity index (χ2n) is 6.82. The highest BCUT2D eigenvalue weighted by atomic mass is 19.3. The summed E-state index contributed by atoms with van der Waals surface area (Å²) in [6.45, 7) is 1.71. The molecule has 4 nitrogen and oxygen atoms in total. The highest BCUT2D eigenvalue weighted by molar-refractivity contribution is 5.90. The van der Waals surface area contributed by atoms with E-state index in [0.29, 0.717) is 11.2 Å². The molecular formula is C20H18F3N3O. The Hall–Kier alpha value is -2.83. The molecule has 0 aliphatic heterocycles. The number of nitrogens with zero attached hydrogens (tertiary/aromatic N) is 2. The van der Waals surface area contributed by atoms with E-state index in [2.05, 4.69) is 10.3 Å². The highest BCUT2D eigenvalue weighted by Crippen LogP contribution is 2.35. The van der Waals surface area contributed by atoms with Gasteiger partial charge in [0, 0.05) is 41.1 Å². The van der Waals surface area contributed by atoms with Crippen molar-refractivity contribution in [3.05, 3.63) is 70.0 Å². The standard InChI is InChI=1S/C20H18F3N3O/c1-11(13-3-2-4-14(19(13)21)20(22)23)25-16-7-8-24-17-9-18(27)26(10-15(16)17)12-5-6-12/h2-4,7-12,20,25H,5-6H2,1H3/t11-/m1/s1. The maximum atomic E-state index is 14.4. The molecule has 0 spiro atoms. The third-order valence-corrected chi connectivity index (χ3v) is 4.88. The molecule has 0 radical (unpaired) electrons. The zero-order valence-corrected chi connectivity index (χ0v) is 14.6. The SMILES string of the molecule is C[C@@H](Nc1ccnc2cc(=O)n(C3CC3)cc12)c1cccc(C(F)F)c1F. The minimum atomic E-state index is -2.87. The molecule has 2 heterocycles. The van der Waals surface area contributed by atoms with E-state index < -0.39 is 23.8 Å². The third-order valence-electron chi connectivity index (χ3n) is 4.88. The van der Waals surface area contributed by atoms with Crippen LogP contribution < -0.4 is 10.9 Å². The van der Waals surface area contributed by atoms with E-state index in [1.165, 1.54) is 18.2 Å². The molecule has 1 aliphatic rings. The van der Waals surface area contributed by atoms with Crippen LogP contribution in [-0.4, -0.2) is 9.55 Å². The van der Waals surface area contributed by atoms with Gasteiger partial charge in [0.15, 0.2) is 0 Å². The Kier molecular flexibility index (Phi) is 4.37. The number of hydrogen-bond acceptors (Lipinski definition) is 3. The Morgan fingerprint density at radius 1 is 1.22 bits per heavy atom. The van der Waals surface area contributed by atoms with Crippen LogP contribution in [0.3, 0.4) is 0 Å². The van der Waals surface area contributed by atoms with Gasteiger partial charge in [-0.2, -0.15) is 0 Å². The lowest BCUT2D eigenvalue weighted by Crippen LogP contribution is -2.18. The van der Waals surface area contributed by atoms with E-state index in [0.717, 1.165) is 24.3 Å². The molecule has 140 valence electrons. The first-order valence-electron chi connectivity index (χ1n) is 8.79. The van der Waals surface area contributed by atoms with Crippen LogP contribution in [0.5, 0.6) is 0 Å². The summed E-state index contributed by atoms with van der Waals surface area (Å²) < 4.78 is 42.1. The molecule has 1 aliphatic carbocycles. The molecule has 1 N–H and O–H groups in total. The van der Waals surface area contributed by atoms with Crippen LogP contribution in [0, 0.1) is 5.82 Å². The number of aromatic nitrogens is 2.